The van der Waals surface area contributed by atoms with Gasteiger partial charge in [-0.15, -0.1) is 0 Å². The van der Waals surface area contributed by atoms with Crippen LogP contribution in [0, 0.1) is 0 Å². The molecule has 1 aromatic rings. The maximum absolute atomic E-state index is 11.9. The molecule has 1 aliphatic carbocycles. The third kappa shape index (κ3) is 5.15. The summed E-state index contributed by atoms with van der Waals surface area (Å²) in [5.74, 6) is -0.143. The predicted molar refractivity (Wildman–Crippen MR) is 88.0 cm³/mol. The molecule has 5 nitrogen and oxygen atoms in total. The van der Waals surface area contributed by atoms with Crippen molar-refractivity contribution in [3.8, 4) is 0 Å². The van der Waals surface area contributed by atoms with Gasteiger partial charge in [0.15, 0.2) is 0 Å². The van der Waals surface area contributed by atoms with Gasteiger partial charge in [0.05, 0.1) is 6.54 Å². The highest BCUT2D eigenvalue weighted by atomic mass is 16.2. The van der Waals surface area contributed by atoms with Crippen LogP contribution in [0.3, 0.4) is 0 Å². The van der Waals surface area contributed by atoms with Crippen molar-refractivity contribution < 1.29 is 9.59 Å². The van der Waals surface area contributed by atoms with Gasteiger partial charge in [-0.2, -0.15) is 0 Å². The van der Waals surface area contributed by atoms with E-state index < -0.39 is 0 Å². The van der Waals surface area contributed by atoms with Gasteiger partial charge in [0, 0.05) is 23.8 Å². The molecule has 0 aromatic heterocycles. The van der Waals surface area contributed by atoms with E-state index in [0.29, 0.717) is 30.4 Å². The van der Waals surface area contributed by atoms with E-state index in [1.807, 2.05) is 6.92 Å². The van der Waals surface area contributed by atoms with Crippen molar-refractivity contribution in [3.05, 3.63) is 29.8 Å². The Bertz CT molecular complexity index is 493. The second-order valence-corrected chi connectivity index (χ2v) is 5.70. The largest absolute Gasteiger partial charge is 0.352 e. The molecule has 22 heavy (non-hydrogen) atoms. The summed E-state index contributed by atoms with van der Waals surface area (Å²) in [5.41, 5.74) is 1.31. The van der Waals surface area contributed by atoms with E-state index in [1.54, 1.807) is 24.3 Å². The molecular formula is C17H25N3O2. The van der Waals surface area contributed by atoms with Crippen LogP contribution < -0.4 is 16.0 Å². The fraction of sp³-hybridized carbons (Fsp3) is 0.529. The summed E-state index contributed by atoms with van der Waals surface area (Å²) in [7, 11) is 0. The molecular weight excluding hydrogens is 278 g/mol. The Hall–Kier alpha value is -1.88. The number of benzene rings is 1. The number of hydrogen-bond donors (Lipinski definition) is 3. The van der Waals surface area contributed by atoms with E-state index in [-0.39, 0.29) is 11.8 Å². The van der Waals surface area contributed by atoms with Crippen molar-refractivity contribution in [2.45, 2.75) is 45.1 Å². The third-order valence-electron chi connectivity index (χ3n) is 3.92. The fourth-order valence-electron chi connectivity index (χ4n) is 2.72. The molecule has 0 spiro atoms. The Morgan fingerprint density at radius 1 is 1.09 bits per heavy atom. The lowest BCUT2D eigenvalue weighted by molar-refractivity contribution is -0.115. The van der Waals surface area contributed by atoms with Gasteiger partial charge >= 0.3 is 0 Å². The Labute approximate surface area is 131 Å². The number of carbonyl (C=O) groups excluding carboxylic acids is 2. The first kappa shape index (κ1) is 16.5. The van der Waals surface area contributed by atoms with E-state index in [0.717, 1.165) is 12.8 Å². The van der Waals surface area contributed by atoms with Gasteiger partial charge in [-0.05, 0) is 44.0 Å². The number of rotatable bonds is 6. The van der Waals surface area contributed by atoms with Crippen LogP contribution in [0.1, 0.15) is 49.4 Å². The molecule has 0 aliphatic heterocycles. The molecule has 120 valence electrons. The summed E-state index contributed by atoms with van der Waals surface area (Å²) in [6.45, 7) is 2.82. The van der Waals surface area contributed by atoms with Crippen LogP contribution in [-0.2, 0) is 4.79 Å². The Kier molecular flexibility index (Phi) is 6.40. The Balaban J connectivity index is 1.77. The SMILES string of the molecule is CCNC(=O)c1ccc(NC(=O)CNC2CCCCC2)cc1. The van der Waals surface area contributed by atoms with E-state index in [1.165, 1.54) is 19.3 Å². The van der Waals surface area contributed by atoms with Crippen molar-refractivity contribution in [3.63, 3.8) is 0 Å². The number of carbonyl (C=O) groups is 2. The number of hydrogen-bond acceptors (Lipinski definition) is 3. The third-order valence-corrected chi connectivity index (χ3v) is 3.92. The highest BCUT2D eigenvalue weighted by Crippen LogP contribution is 2.17. The first-order chi connectivity index (χ1) is 10.7. The Morgan fingerprint density at radius 3 is 2.41 bits per heavy atom. The van der Waals surface area contributed by atoms with Crippen LogP contribution >= 0.6 is 0 Å². The average Bonchev–Trinajstić information content (AvgIpc) is 2.55. The number of nitrogens with one attached hydrogen (secondary N) is 3. The minimum atomic E-state index is -0.0978. The molecule has 0 atom stereocenters. The van der Waals surface area contributed by atoms with Crippen LogP contribution in [0.5, 0.6) is 0 Å². The lowest BCUT2D eigenvalue weighted by atomic mass is 9.95. The summed E-state index contributed by atoms with van der Waals surface area (Å²) < 4.78 is 0. The van der Waals surface area contributed by atoms with Crippen molar-refractivity contribution in [2.75, 3.05) is 18.4 Å². The molecule has 2 rings (SSSR count). The van der Waals surface area contributed by atoms with Crippen molar-refractivity contribution in [1.29, 1.82) is 0 Å². The molecule has 0 heterocycles. The quantitative estimate of drug-likeness (QED) is 0.755. The zero-order valence-electron chi connectivity index (χ0n) is 13.2. The summed E-state index contributed by atoms with van der Waals surface area (Å²) in [5, 5.41) is 8.90. The topological polar surface area (TPSA) is 70.2 Å². The first-order valence-electron chi connectivity index (χ1n) is 8.10. The average molecular weight is 303 g/mol. The number of anilines is 1. The highest BCUT2D eigenvalue weighted by molar-refractivity contribution is 5.96. The van der Waals surface area contributed by atoms with Gasteiger partial charge in [0.1, 0.15) is 0 Å². The maximum Gasteiger partial charge on any atom is 0.251 e. The van der Waals surface area contributed by atoms with E-state index in [9.17, 15) is 9.59 Å². The van der Waals surface area contributed by atoms with Crippen molar-refractivity contribution in [2.24, 2.45) is 0 Å². The Morgan fingerprint density at radius 2 is 1.77 bits per heavy atom. The van der Waals surface area contributed by atoms with E-state index in [4.69, 9.17) is 0 Å². The molecule has 0 bridgehead atoms. The van der Waals surface area contributed by atoms with E-state index >= 15 is 0 Å². The lowest BCUT2D eigenvalue weighted by Crippen LogP contribution is -2.37. The molecule has 1 saturated carbocycles. The summed E-state index contributed by atoms with van der Waals surface area (Å²) >= 11 is 0. The molecule has 1 aliphatic rings. The highest BCUT2D eigenvalue weighted by Gasteiger charge is 2.14. The normalized spacial score (nSPS) is 15.3. The molecule has 3 N–H and O–H groups in total. The first-order valence-corrected chi connectivity index (χ1v) is 8.10. The van der Waals surface area contributed by atoms with Crippen molar-refractivity contribution >= 4 is 17.5 Å². The maximum atomic E-state index is 11.9. The summed E-state index contributed by atoms with van der Waals surface area (Å²) in [6.07, 6.45) is 6.13. The number of amides is 2. The van der Waals surface area contributed by atoms with Crippen LogP contribution in [0.15, 0.2) is 24.3 Å². The van der Waals surface area contributed by atoms with E-state index in [2.05, 4.69) is 16.0 Å². The molecule has 1 fully saturated rings. The summed E-state index contributed by atoms with van der Waals surface area (Å²) in [4.78, 5) is 23.6. The predicted octanol–water partition coefficient (Wildman–Crippen LogP) is 2.30. The monoisotopic (exact) mass is 303 g/mol. The molecule has 2 amide bonds. The molecule has 0 radical (unpaired) electrons. The second kappa shape index (κ2) is 8.54. The van der Waals surface area contributed by atoms with Gasteiger partial charge in [-0.1, -0.05) is 19.3 Å². The minimum absolute atomic E-state index is 0.0451. The van der Waals surface area contributed by atoms with Crippen LogP contribution in [-0.4, -0.2) is 30.9 Å². The second-order valence-electron chi connectivity index (χ2n) is 5.70. The minimum Gasteiger partial charge on any atom is -0.352 e. The molecule has 0 saturated heterocycles. The van der Waals surface area contributed by atoms with Gasteiger partial charge < -0.3 is 16.0 Å². The zero-order chi connectivity index (χ0) is 15.8. The summed E-state index contributed by atoms with van der Waals surface area (Å²) in [6, 6.07) is 7.41. The van der Waals surface area contributed by atoms with Gasteiger partial charge in [-0.25, -0.2) is 0 Å². The lowest BCUT2D eigenvalue weighted by Gasteiger charge is -2.22. The standard InChI is InChI=1S/C17H25N3O2/c1-2-18-17(22)13-8-10-15(11-9-13)20-16(21)12-19-14-6-4-3-5-7-14/h8-11,14,19H,2-7,12H2,1H3,(H,18,22)(H,20,21). The zero-order valence-corrected chi connectivity index (χ0v) is 13.2. The fourth-order valence-corrected chi connectivity index (χ4v) is 2.72. The van der Waals surface area contributed by atoms with Crippen LogP contribution in [0.4, 0.5) is 5.69 Å². The molecule has 5 heteroatoms. The van der Waals surface area contributed by atoms with Gasteiger partial charge in [0.2, 0.25) is 5.91 Å². The van der Waals surface area contributed by atoms with Crippen LogP contribution in [0.2, 0.25) is 0 Å². The smallest absolute Gasteiger partial charge is 0.251 e. The van der Waals surface area contributed by atoms with Crippen molar-refractivity contribution in [1.82, 2.24) is 10.6 Å². The van der Waals surface area contributed by atoms with Gasteiger partial charge in [0.25, 0.3) is 5.91 Å². The molecule has 0 unspecified atom stereocenters. The molecule has 1 aromatic carbocycles. The van der Waals surface area contributed by atoms with Gasteiger partial charge in [-0.3, -0.25) is 9.59 Å². The van der Waals surface area contributed by atoms with Crippen LogP contribution in [0.25, 0.3) is 0 Å².